The summed E-state index contributed by atoms with van der Waals surface area (Å²) in [5, 5.41) is 20.1. The van der Waals surface area contributed by atoms with E-state index >= 15 is 0 Å². The van der Waals surface area contributed by atoms with Gasteiger partial charge in [-0.3, -0.25) is 28.0 Å². The third-order valence-electron chi connectivity index (χ3n) is 6.16. The van der Waals surface area contributed by atoms with Gasteiger partial charge in [-0.1, -0.05) is 0 Å². The smallest absolute Gasteiger partial charge is 0.394 e. The highest BCUT2D eigenvalue weighted by atomic mass is 31.2. The van der Waals surface area contributed by atoms with Crippen LogP contribution in [0.1, 0.15) is 25.3 Å². The number of nitrogens with zero attached hydrogens (tertiary/aromatic N) is 5. The lowest BCUT2D eigenvalue weighted by atomic mass is 10.2. The number of aliphatic hydroxyl groups excluding tert-OH is 2. The SMILES string of the molecule is Nc1ccn([C@@H]2C[C@H](OP(=O)(O)OC[C@@H]3O[C@H](n4cnc5c(=O)[nH]c(N)nc54)C[C@H]3O)[C@H](CO)O2)c(=O)n1. The molecule has 2 aliphatic heterocycles. The second-order valence-electron chi connectivity index (χ2n) is 8.71. The summed E-state index contributed by atoms with van der Waals surface area (Å²) in [6, 6.07) is 1.38. The lowest BCUT2D eigenvalue weighted by molar-refractivity contribution is -0.0564. The third kappa shape index (κ3) is 5.20. The lowest BCUT2D eigenvalue weighted by Gasteiger charge is -2.21. The van der Waals surface area contributed by atoms with Crippen molar-refractivity contribution in [1.82, 2.24) is 29.1 Å². The molecule has 7 atom stereocenters. The van der Waals surface area contributed by atoms with E-state index in [1.165, 1.54) is 23.2 Å². The van der Waals surface area contributed by atoms with Crippen LogP contribution >= 0.6 is 7.82 Å². The Morgan fingerprint density at radius 2 is 1.89 bits per heavy atom. The minimum atomic E-state index is -4.74. The number of aromatic amines is 1. The Labute approximate surface area is 212 Å². The Morgan fingerprint density at radius 3 is 2.63 bits per heavy atom. The number of phosphoric ester groups is 1. The molecule has 38 heavy (non-hydrogen) atoms. The van der Waals surface area contributed by atoms with Crippen LogP contribution in [-0.2, 0) is 23.1 Å². The number of ether oxygens (including phenoxy) is 2. The monoisotopic (exact) mass is 556 g/mol. The van der Waals surface area contributed by atoms with E-state index < -0.39 is 69.2 Å². The van der Waals surface area contributed by atoms with E-state index in [-0.39, 0.29) is 35.8 Å². The van der Waals surface area contributed by atoms with E-state index in [1.54, 1.807) is 0 Å². The van der Waals surface area contributed by atoms with Crippen molar-refractivity contribution in [3.63, 3.8) is 0 Å². The van der Waals surface area contributed by atoms with Gasteiger partial charge in [0.25, 0.3) is 5.56 Å². The number of hydrogen-bond acceptors (Lipinski definition) is 14. The first-order chi connectivity index (χ1) is 18.0. The topological polar surface area (TPSA) is 265 Å². The zero-order valence-corrected chi connectivity index (χ0v) is 20.5. The van der Waals surface area contributed by atoms with Crippen molar-refractivity contribution >= 4 is 30.8 Å². The minimum Gasteiger partial charge on any atom is -0.394 e. The fourth-order valence-electron chi connectivity index (χ4n) is 4.35. The fourth-order valence-corrected chi connectivity index (χ4v) is 5.31. The van der Waals surface area contributed by atoms with Crippen molar-refractivity contribution in [1.29, 1.82) is 0 Å². The Balaban J connectivity index is 1.22. The summed E-state index contributed by atoms with van der Waals surface area (Å²) in [6.07, 6.45) is -3.42. The second-order valence-corrected chi connectivity index (χ2v) is 10.1. The summed E-state index contributed by atoms with van der Waals surface area (Å²) in [5.74, 6) is -0.115. The molecular formula is C19H25N8O10P. The summed E-state index contributed by atoms with van der Waals surface area (Å²) < 4.78 is 36.8. The van der Waals surface area contributed by atoms with Crippen LogP contribution in [0, 0.1) is 0 Å². The van der Waals surface area contributed by atoms with Gasteiger partial charge in [0.05, 0.1) is 25.6 Å². The van der Waals surface area contributed by atoms with E-state index in [0.29, 0.717) is 0 Å². The number of aliphatic hydroxyl groups is 2. The van der Waals surface area contributed by atoms with Crippen LogP contribution in [0.2, 0.25) is 0 Å². The van der Waals surface area contributed by atoms with Gasteiger partial charge in [0, 0.05) is 19.0 Å². The molecule has 19 heteroatoms. The number of H-pyrrole nitrogens is 1. The van der Waals surface area contributed by atoms with Crippen molar-refractivity contribution in [2.24, 2.45) is 0 Å². The van der Waals surface area contributed by atoms with Gasteiger partial charge >= 0.3 is 13.5 Å². The van der Waals surface area contributed by atoms with Crippen LogP contribution in [0.15, 0.2) is 28.2 Å². The number of nitrogens with two attached hydrogens (primary N) is 2. The molecule has 1 unspecified atom stereocenters. The molecule has 2 saturated heterocycles. The van der Waals surface area contributed by atoms with Gasteiger partial charge < -0.3 is 36.0 Å². The number of nitrogens with one attached hydrogen (secondary N) is 1. The standard InChI is InChI=1S/C19H25N8O10P/c20-12-1-2-26(19(31)23-12)14-4-9(10(5-28)35-14)37-38(32,33)34-6-11-8(29)3-13(36-11)27-7-22-15-16(27)24-18(21)25-17(15)30/h1-2,7-11,13-14,28-29H,3-6H2,(H,32,33)(H2,20,23,31)(H3,21,24,25,30)/t8-,9+,10+,11+,13+,14+/m1/s1. The molecule has 0 bridgehead atoms. The van der Waals surface area contributed by atoms with Gasteiger partial charge in [0.15, 0.2) is 11.2 Å². The van der Waals surface area contributed by atoms with Crippen LogP contribution in [0.25, 0.3) is 11.2 Å². The highest BCUT2D eigenvalue weighted by molar-refractivity contribution is 7.47. The molecule has 0 radical (unpaired) electrons. The molecule has 3 aromatic heterocycles. The third-order valence-corrected chi connectivity index (χ3v) is 7.17. The molecule has 18 nitrogen and oxygen atoms in total. The van der Waals surface area contributed by atoms with Crippen molar-refractivity contribution in [2.45, 2.75) is 49.7 Å². The summed E-state index contributed by atoms with van der Waals surface area (Å²) >= 11 is 0. The fraction of sp³-hybridized carbons (Fsp3) is 0.526. The Bertz CT molecular complexity index is 1490. The zero-order valence-electron chi connectivity index (χ0n) is 19.6. The predicted molar refractivity (Wildman–Crippen MR) is 126 cm³/mol. The molecular weight excluding hydrogens is 531 g/mol. The summed E-state index contributed by atoms with van der Waals surface area (Å²) in [5.41, 5.74) is 10.0. The van der Waals surface area contributed by atoms with E-state index in [9.17, 15) is 29.3 Å². The molecule has 206 valence electrons. The maximum atomic E-state index is 12.7. The minimum absolute atomic E-state index is 0.0119. The molecule has 0 saturated carbocycles. The summed E-state index contributed by atoms with van der Waals surface area (Å²) in [6.45, 7) is -1.10. The Hall–Kier alpha value is -3.22. The summed E-state index contributed by atoms with van der Waals surface area (Å²) in [4.78, 5) is 48.4. The number of fused-ring (bicyclic) bond motifs is 1. The number of anilines is 2. The number of imidazole rings is 1. The first kappa shape index (κ1) is 26.4. The normalized spacial score (nSPS) is 29.1. The van der Waals surface area contributed by atoms with Gasteiger partial charge in [-0.15, -0.1) is 0 Å². The number of phosphoric acid groups is 1. The first-order valence-corrected chi connectivity index (χ1v) is 12.9. The van der Waals surface area contributed by atoms with Crippen LogP contribution in [-0.4, -0.2) is 81.8 Å². The maximum absolute atomic E-state index is 12.7. The first-order valence-electron chi connectivity index (χ1n) is 11.4. The van der Waals surface area contributed by atoms with Gasteiger partial charge in [0.1, 0.15) is 36.6 Å². The number of nitrogen functional groups attached to an aromatic ring is 2. The molecule has 5 rings (SSSR count). The molecule has 8 N–H and O–H groups in total. The van der Waals surface area contributed by atoms with Gasteiger partial charge in [0.2, 0.25) is 5.95 Å². The van der Waals surface area contributed by atoms with Crippen LogP contribution in [0.4, 0.5) is 11.8 Å². The van der Waals surface area contributed by atoms with Crippen LogP contribution in [0.5, 0.6) is 0 Å². The molecule has 2 aliphatic rings. The highest BCUT2D eigenvalue weighted by Gasteiger charge is 2.43. The molecule has 2 fully saturated rings. The van der Waals surface area contributed by atoms with Gasteiger partial charge in [-0.2, -0.15) is 9.97 Å². The molecule has 0 aliphatic carbocycles. The second kappa shape index (κ2) is 10.2. The van der Waals surface area contributed by atoms with Gasteiger partial charge in [-0.25, -0.2) is 14.3 Å². The zero-order chi connectivity index (χ0) is 27.2. The molecule has 0 aromatic carbocycles. The number of aromatic nitrogens is 6. The highest BCUT2D eigenvalue weighted by Crippen LogP contribution is 2.49. The average molecular weight is 556 g/mol. The Morgan fingerprint density at radius 1 is 1.16 bits per heavy atom. The van der Waals surface area contributed by atoms with E-state index in [4.69, 9.17) is 30.0 Å². The average Bonchev–Trinajstić information content (AvgIpc) is 3.54. The lowest BCUT2D eigenvalue weighted by Crippen LogP contribution is -2.29. The van der Waals surface area contributed by atoms with Gasteiger partial charge in [-0.05, 0) is 6.07 Å². The van der Waals surface area contributed by atoms with E-state index in [0.717, 1.165) is 4.57 Å². The van der Waals surface area contributed by atoms with Crippen molar-refractivity contribution < 1.29 is 38.2 Å². The van der Waals surface area contributed by atoms with Crippen molar-refractivity contribution in [3.8, 4) is 0 Å². The van der Waals surface area contributed by atoms with Crippen molar-refractivity contribution in [3.05, 3.63) is 39.4 Å². The maximum Gasteiger partial charge on any atom is 0.472 e. The van der Waals surface area contributed by atoms with Crippen LogP contribution < -0.4 is 22.7 Å². The Kier molecular flexibility index (Phi) is 7.05. The van der Waals surface area contributed by atoms with Crippen molar-refractivity contribution in [2.75, 3.05) is 24.7 Å². The van der Waals surface area contributed by atoms with E-state index in [2.05, 4.69) is 19.9 Å². The number of rotatable bonds is 8. The predicted octanol–water partition coefficient (Wildman–Crippen LogP) is -2.03. The van der Waals surface area contributed by atoms with Crippen LogP contribution in [0.3, 0.4) is 0 Å². The quantitative estimate of drug-likeness (QED) is 0.163. The molecule has 5 heterocycles. The largest absolute Gasteiger partial charge is 0.472 e. The molecule has 0 spiro atoms. The summed E-state index contributed by atoms with van der Waals surface area (Å²) in [7, 11) is -4.74. The molecule has 0 amide bonds. The number of hydrogen-bond donors (Lipinski definition) is 6. The molecule has 3 aromatic rings. The van der Waals surface area contributed by atoms with E-state index in [1.807, 2.05) is 0 Å².